The summed E-state index contributed by atoms with van der Waals surface area (Å²) in [4.78, 5) is 9.28. The van der Waals surface area contributed by atoms with Gasteiger partial charge in [-0.15, -0.1) is 24.0 Å². The molecule has 0 spiro atoms. The lowest BCUT2D eigenvalue weighted by Gasteiger charge is -2.32. The van der Waals surface area contributed by atoms with Crippen molar-refractivity contribution in [2.24, 2.45) is 10.9 Å². The Hall–Kier alpha value is -1.06. The number of likely N-dealkylation sites (N-methyl/N-ethyl adjacent to an activating group) is 1. The number of likely N-dealkylation sites (tertiary alicyclic amines) is 1. The first-order chi connectivity index (χ1) is 13.7. The average Bonchev–Trinajstić information content (AvgIpc) is 2.72. The molecule has 2 rings (SSSR count). The van der Waals surface area contributed by atoms with Gasteiger partial charge in [-0.1, -0.05) is 12.1 Å². The fourth-order valence-electron chi connectivity index (χ4n) is 3.70. The van der Waals surface area contributed by atoms with E-state index < -0.39 is 0 Å². The third kappa shape index (κ3) is 9.53. The van der Waals surface area contributed by atoms with Crippen molar-refractivity contribution in [2.45, 2.75) is 26.7 Å². The maximum Gasteiger partial charge on any atom is 0.191 e. The number of rotatable bonds is 10. The van der Waals surface area contributed by atoms with Crippen molar-refractivity contribution in [3.05, 3.63) is 29.8 Å². The number of benzene rings is 1. The second-order valence-electron chi connectivity index (χ2n) is 7.58. The van der Waals surface area contributed by atoms with Crippen LogP contribution in [-0.2, 0) is 4.74 Å². The van der Waals surface area contributed by atoms with Gasteiger partial charge in [-0.05, 0) is 63.4 Å². The molecule has 1 fully saturated rings. The molecule has 0 amide bonds. The van der Waals surface area contributed by atoms with E-state index in [1.807, 2.05) is 7.05 Å². The predicted octanol–water partition coefficient (Wildman–Crippen LogP) is 2.96. The number of aliphatic imine (C=N–C) groups is 1. The van der Waals surface area contributed by atoms with Gasteiger partial charge in [0.05, 0.1) is 6.61 Å². The lowest BCUT2D eigenvalue weighted by atomic mass is 9.97. The van der Waals surface area contributed by atoms with Crippen molar-refractivity contribution in [2.75, 3.05) is 71.5 Å². The molecule has 2 N–H and O–H groups in total. The summed E-state index contributed by atoms with van der Waals surface area (Å²) in [6, 6.07) is 8.70. The van der Waals surface area contributed by atoms with Crippen LogP contribution in [-0.4, -0.2) is 77.4 Å². The molecule has 1 aromatic carbocycles. The summed E-state index contributed by atoms with van der Waals surface area (Å²) in [5, 5.41) is 6.98. The van der Waals surface area contributed by atoms with Crippen molar-refractivity contribution in [3.63, 3.8) is 0 Å². The molecule has 1 aliphatic rings. The fourth-order valence-corrected chi connectivity index (χ4v) is 3.70. The number of methoxy groups -OCH3 is 1. The van der Waals surface area contributed by atoms with Gasteiger partial charge in [0.2, 0.25) is 0 Å². The minimum atomic E-state index is 0. The molecule has 1 heterocycles. The smallest absolute Gasteiger partial charge is 0.191 e. The SMILES string of the molecule is CCN(CCNC(=NC)NCC1CCN(CCOC)CC1)c1cccc(C)c1.I. The molecule has 0 radical (unpaired) electrons. The zero-order valence-electron chi connectivity index (χ0n) is 18.6. The topological polar surface area (TPSA) is 52.1 Å². The minimum Gasteiger partial charge on any atom is -0.383 e. The Balaban J connectivity index is 0.00000420. The number of nitrogens with one attached hydrogen (secondary N) is 2. The number of ether oxygens (including phenoxy) is 1. The number of guanidine groups is 1. The van der Waals surface area contributed by atoms with Crippen LogP contribution in [0.15, 0.2) is 29.3 Å². The average molecular weight is 518 g/mol. The number of piperidine rings is 1. The van der Waals surface area contributed by atoms with Crippen molar-refractivity contribution >= 4 is 35.6 Å². The Morgan fingerprint density at radius 1 is 1.28 bits per heavy atom. The van der Waals surface area contributed by atoms with Gasteiger partial charge in [0.15, 0.2) is 5.96 Å². The summed E-state index contributed by atoms with van der Waals surface area (Å²) in [7, 11) is 3.62. The van der Waals surface area contributed by atoms with Crippen molar-refractivity contribution in [3.8, 4) is 0 Å². The van der Waals surface area contributed by atoms with Gasteiger partial charge in [-0.25, -0.2) is 0 Å². The quantitative estimate of drug-likeness (QED) is 0.284. The highest BCUT2D eigenvalue weighted by molar-refractivity contribution is 14.0. The molecule has 0 unspecified atom stereocenters. The number of halogens is 1. The third-order valence-electron chi connectivity index (χ3n) is 5.52. The summed E-state index contributed by atoms with van der Waals surface area (Å²) in [6.07, 6.45) is 2.48. The van der Waals surface area contributed by atoms with Crippen LogP contribution in [0.4, 0.5) is 5.69 Å². The lowest BCUT2D eigenvalue weighted by Crippen LogP contribution is -2.45. The van der Waals surface area contributed by atoms with Crippen LogP contribution in [0.2, 0.25) is 0 Å². The molecule has 1 aliphatic heterocycles. The first kappa shape index (κ1) is 26.0. The van der Waals surface area contributed by atoms with Crippen LogP contribution in [0.3, 0.4) is 0 Å². The molecule has 29 heavy (non-hydrogen) atoms. The molecule has 6 nitrogen and oxygen atoms in total. The van der Waals surface area contributed by atoms with Crippen LogP contribution in [0, 0.1) is 12.8 Å². The lowest BCUT2D eigenvalue weighted by molar-refractivity contribution is 0.121. The van der Waals surface area contributed by atoms with E-state index in [1.54, 1.807) is 7.11 Å². The fraction of sp³-hybridized carbons (Fsp3) is 0.682. The number of anilines is 1. The summed E-state index contributed by atoms with van der Waals surface area (Å²) in [5.74, 6) is 1.62. The highest BCUT2D eigenvalue weighted by atomic mass is 127. The summed E-state index contributed by atoms with van der Waals surface area (Å²) in [6.45, 7) is 12.4. The van der Waals surface area contributed by atoms with Crippen LogP contribution in [0.1, 0.15) is 25.3 Å². The molecular weight excluding hydrogens is 477 g/mol. The Kier molecular flexibility index (Phi) is 13.3. The van der Waals surface area contributed by atoms with E-state index in [1.165, 1.54) is 37.2 Å². The van der Waals surface area contributed by atoms with Gasteiger partial charge in [0.25, 0.3) is 0 Å². The van der Waals surface area contributed by atoms with Gasteiger partial charge in [-0.2, -0.15) is 0 Å². The molecule has 1 aromatic rings. The second-order valence-corrected chi connectivity index (χ2v) is 7.58. The van der Waals surface area contributed by atoms with E-state index in [0.29, 0.717) is 0 Å². The van der Waals surface area contributed by atoms with E-state index in [2.05, 4.69) is 63.5 Å². The standard InChI is InChI=1S/C22H39N5O.HI/c1-5-27(21-8-6-7-19(2)17-21)14-11-24-22(23-3)25-18-20-9-12-26(13-10-20)15-16-28-4;/h6-8,17,20H,5,9-16,18H2,1-4H3,(H2,23,24,25);1H. The van der Waals surface area contributed by atoms with Crippen molar-refractivity contribution in [1.29, 1.82) is 0 Å². The van der Waals surface area contributed by atoms with Crippen LogP contribution in [0.25, 0.3) is 0 Å². The summed E-state index contributed by atoms with van der Waals surface area (Å²) >= 11 is 0. The Morgan fingerprint density at radius 2 is 2.03 bits per heavy atom. The summed E-state index contributed by atoms with van der Waals surface area (Å²) < 4.78 is 5.18. The zero-order chi connectivity index (χ0) is 20.2. The zero-order valence-corrected chi connectivity index (χ0v) is 20.9. The molecule has 0 atom stereocenters. The Bertz CT molecular complexity index is 590. The van der Waals surface area contributed by atoms with Gasteiger partial charge >= 0.3 is 0 Å². The molecule has 0 aromatic heterocycles. The summed E-state index contributed by atoms with van der Waals surface area (Å²) in [5.41, 5.74) is 2.59. The molecule has 0 saturated carbocycles. The first-order valence-electron chi connectivity index (χ1n) is 10.6. The molecule has 166 valence electrons. The predicted molar refractivity (Wildman–Crippen MR) is 135 cm³/mol. The maximum atomic E-state index is 5.18. The minimum absolute atomic E-state index is 0. The van der Waals surface area contributed by atoms with E-state index in [0.717, 1.165) is 51.2 Å². The molecule has 7 heteroatoms. The van der Waals surface area contributed by atoms with Gasteiger partial charge in [0.1, 0.15) is 0 Å². The van der Waals surface area contributed by atoms with E-state index >= 15 is 0 Å². The van der Waals surface area contributed by atoms with Gasteiger partial charge in [-0.3, -0.25) is 4.99 Å². The van der Waals surface area contributed by atoms with E-state index in [4.69, 9.17) is 4.74 Å². The molecule has 1 saturated heterocycles. The Morgan fingerprint density at radius 3 is 2.66 bits per heavy atom. The number of aryl methyl sites for hydroxylation is 1. The van der Waals surface area contributed by atoms with E-state index in [-0.39, 0.29) is 24.0 Å². The molecule has 0 bridgehead atoms. The third-order valence-corrected chi connectivity index (χ3v) is 5.52. The van der Waals surface area contributed by atoms with Crippen molar-refractivity contribution in [1.82, 2.24) is 15.5 Å². The van der Waals surface area contributed by atoms with Crippen molar-refractivity contribution < 1.29 is 4.74 Å². The highest BCUT2D eigenvalue weighted by Crippen LogP contribution is 2.16. The van der Waals surface area contributed by atoms with Crippen LogP contribution < -0.4 is 15.5 Å². The normalized spacial score (nSPS) is 15.7. The largest absolute Gasteiger partial charge is 0.383 e. The number of nitrogens with zero attached hydrogens (tertiary/aromatic N) is 3. The number of hydrogen-bond donors (Lipinski definition) is 2. The Labute approximate surface area is 194 Å². The molecule has 0 aliphatic carbocycles. The monoisotopic (exact) mass is 517 g/mol. The first-order valence-corrected chi connectivity index (χ1v) is 10.6. The molecular formula is C22H40IN5O. The van der Waals surface area contributed by atoms with Crippen LogP contribution in [0.5, 0.6) is 0 Å². The van der Waals surface area contributed by atoms with Gasteiger partial charge in [0, 0.05) is 52.6 Å². The van der Waals surface area contributed by atoms with Gasteiger partial charge < -0.3 is 25.2 Å². The van der Waals surface area contributed by atoms with E-state index in [9.17, 15) is 0 Å². The highest BCUT2D eigenvalue weighted by Gasteiger charge is 2.19. The second kappa shape index (κ2) is 14.8. The number of hydrogen-bond acceptors (Lipinski definition) is 4. The maximum absolute atomic E-state index is 5.18. The van der Waals surface area contributed by atoms with Crippen LogP contribution >= 0.6 is 24.0 Å².